The molecule has 0 saturated heterocycles. The number of sulfonamides is 1. The van der Waals surface area contributed by atoms with Gasteiger partial charge in [-0.3, -0.25) is 13.9 Å². The van der Waals surface area contributed by atoms with Crippen molar-refractivity contribution in [3.8, 4) is 11.5 Å². The maximum Gasteiger partial charge on any atom is 0.264 e. The van der Waals surface area contributed by atoms with E-state index < -0.39 is 34.3 Å². The first kappa shape index (κ1) is 31.4. The lowest BCUT2D eigenvalue weighted by molar-refractivity contribution is -0.140. The van der Waals surface area contributed by atoms with Gasteiger partial charge in [0.1, 0.15) is 29.9 Å². The monoisotopic (exact) mass is 585 g/mol. The van der Waals surface area contributed by atoms with Crippen LogP contribution in [-0.2, 0) is 26.2 Å². The molecule has 41 heavy (non-hydrogen) atoms. The van der Waals surface area contributed by atoms with Crippen LogP contribution in [0.25, 0.3) is 0 Å². The van der Waals surface area contributed by atoms with Crippen molar-refractivity contribution in [1.82, 2.24) is 10.2 Å². The summed E-state index contributed by atoms with van der Waals surface area (Å²) in [6, 6.07) is 17.0. The molecular weight excluding hydrogens is 549 g/mol. The summed E-state index contributed by atoms with van der Waals surface area (Å²) < 4.78 is 53.4. The lowest BCUT2D eigenvalue weighted by Crippen LogP contribution is -2.52. The van der Waals surface area contributed by atoms with Crippen LogP contribution in [0.4, 0.5) is 10.1 Å². The van der Waals surface area contributed by atoms with Crippen molar-refractivity contribution in [2.75, 3.05) is 31.6 Å². The number of benzene rings is 3. The van der Waals surface area contributed by atoms with E-state index in [1.165, 1.54) is 61.6 Å². The molecule has 1 atom stereocenters. The van der Waals surface area contributed by atoms with Crippen LogP contribution >= 0.6 is 0 Å². The number of amides is 2. The number of hydrogen-bond acceptors (Lipinski definition) is 6. The quantitative estimate of drug-likeness (QED) is 0.301. The average Bonchev–Trinajstić information content (AvgIpc) is 2.99. The van der Waals surface area contributed by atoms with Crippen molar-refractivity contribution in [3.05, 3.63) is 84.2 Å². The highest BCUT2D eigenvalue weighted by Crippen LogP contribution is 2.36. The molecule has 0 heterocycles. The zero-order valence-corrected chi connectivity index (χ0v) is 24.5. The minimum absolute atomic E-state index is 0.0320. The van der Waals surface area contributed by atoms with Crippen molar-refractivity contribution < 1.29 is 31.9 Å². The summed E-state index contributed by atoms with van der Waals surface area (Å²) in [5, 5.41) is 2.83. The summed E-state index contributed by atoms with van der Waals surface area (Å²) in [7, 11) is -1.45. The summed E-state index contributed by atoms with van der Waals surface area (Å²) in [5.74, 6) is -0.867. The van der Waals surface area contributed by atoms with E-state index in [0.29, 0.717) is 24.3 Å². The van der Waals surface area contributed by atoms with Crippen molar-refractivity contribution in [3.63, 3.8) is 0 Å². The maximum absolute atomic E-state index is 14.1. The number of anilines is 1. The van der Waals surface area contributed by atoms with Crippen LogP contribution < -0.4 is 19.1 Å². The highest BCUT2D eigenvalue weighted by atomic mass is 32.2. The van der Waals surface area contributed by atoms with Gasteiger partial charge in [-0.2, -0.15) is 0 Å². The van der Waals surface area contributed by atoms with Crippen LogP contribution in [0, 0.1) is 5.82 Å². The van der Waals surface area contributed by atoms with Crippen LogP contribution in [0.3, 0.4) is 0 Å². The molecule has 11 heteroatoms. The van der Waals surface area contributed by atoms with Gasteiger partial charge in [0.25, 0.3) is 10.0 Å². The SMILES string of the molecule is CCCNC(=O)C(CC)N(Cc1ccc(F)cc1)C(=O)CN(c1cc(OC)ccc1OC)S(=O)(=O)c1ccccc1. The predicted octanol–water partition coefficient (Wildman–Crippen LogP) is 4.37. The van der Waals surface area contributed by atoms with E-state index in [2.05, 4.69) is 5.32 Å². The number of ether oxygens (including phenoxy) is 2. The van der Waals surface area contributed by atoms with Crippen molar-refractivity contribution in [2.24, 2.45) is 0 Å². The summed E-state index contributed by atoms with van der Waals surface area (Å²) in [5.41, 5.74) is 0.673. The molecule has 220 valence electrons. The van der Waals surface area contributed by atoms with E-state index in [9.17, 15) is 22.4 Å². The number of carbonyl (C=O) groups is 2. The van der Waals surface area contributed by atoms with E-state index in [1.54, 1.807) is 37.3 Å². The Labute approximate surface area is 240 Å². The summed E-state index contributed by atoms with van der Waals surface area (Å²) in [6.07, 6.45) is 0.975. The molecule has 0 radical (unpaired) electrons. The van der Waals surface area contributed by atoms with Gasteiger partial charge in [0.15, 0.2) is 0 Å². The number of nitrogens with one attached hydrogen (secondary N) is 1. The standard InChI is InChI=1S/C30H36FN3O6S/c1-5-18-32-30(36)26(6-2)33(20-22-12-14-23(31)15-13-22)29(35)21-34(41(37,38)25-10-8-7-9-11-25)27-19-24(39-3)16-17-28(27)40-4/h7-17,19,26H,5-6,18,20-21H2,1-4H3,(H,32,36). The van der Waals surface area contributed by atoms with Crippen LogP contribution in [0.15, 0.2) is 77.7 Å². The van der Waals surface area contributed by atoms with Gasteiger partial charge >= 0.3 is 0 Å². The lowest BCUT2D eigenvalue weighted by atomic mass is 10.1. The molecule has 0 aliphatic carbocycles. The first-order valence-corrected chi connectivity index (χ1v) is 14.7. The molecule has 3 aromatic carbocycles. The zero-order valence-electron chi connectivity index (χ0n) is 23.7. The van der Waals surface area contributed by atoms with Gasteiger partial charge in [-0.1, -0.05) is 44.2 Å². The predicted molar refractivity (Wildman–Crippen MR) is 155 cm³/mol. The van der Waals surface area contributed by atoms with Gasteiger partial charge in [-0.05, 0) is 54.8 Å². The van der Waals surface area contributed by atoms with Crippen LogP contribution in [0.1, 0.15) is 32.3 Å². The zero-order chi connectivity index (χ0) is 30.0. The number of carbonyl (C=O) groups excluding carboxylic acids is 2. The Hall–Kier alpha value is -4.12. The minimum atomic E-state index is -4.29. The molecule has 0 aliphatic rings. The van der Waals surface area contributed by atoms with Crippen molar-refractivity contribution in [1.29, 1.82) is 0 Å². The lowest BCUT2D eigenvalue weighted by Gasteiger charge is -2.33. The molecule has 9 nitrogen and oxygen atoms in total. The summed E-state index contributed by atoms with van der Waals surface area (Å²) >= 11 is 0. The van der Waals surface area contributed by atoms with E-state index in [1.807, 2.05) is 6.92 Å². The fourth-order valence-corrected chi connectivity index (χ4v) is 5.73. The molecule has 0 spiro atoms. The number of halogens is 1. The number of hydrogen-bond donors (Lipinski definition) is 1. The van der Waals surface area contributed by atoms with E-state index in [4.69, 9.17) is 9.47 Å². The van der Waals surface area contributed by atoms with Crippen molar-refractivity contribution in [2.45, 2.75) is 44.2 Å². The Morgan fingerprint density at radius 2 is 1.63 bits per heavy atom. The molecule has 0 aliphatic heterocycles. The third-order valence-electron chi connectivity index (χ3n) is 6.47. The molecule has 2 amide bonds. The molecule has 0 bridgehead atoms. The van der Waals surface area contributed by atoms with E-state index in [0.717, 1.165) is 4.31 Å². The van der Waals surface area contributed by atoms with Gasteiger partial charge in [-0.25, -0.2) is 12.8 Å². The average molecular weight is 586 g/mol. The minimum Gasteiger partial charge on any atom is -0.497 e. The molecule has 0 saturated carbocycles. The van der Waals surface area contributed by atoms with Gasteiger partial charge in [0, 0.05) is 19.2 Å². The first-order valence-electron chi connectivity index (χ1n) is 13.3. The van der Waals surface area contributed by atoms with E-state index >= 15 is 0 Å². The molecule has 1 N–H and O–H groups in total. The number of rotatable bonds is 14. The first-order chi connectivity index (χ1) is 19.7. The van der Waals surface area contributed by atoms with Crippen LogP contribution in [0.2, 0.25) is 0 Å². The number of methoxy groups -OCH3 is 2. The maximum atomic E-state index is 14.1. The van der Waals surface area contributed by atoms with Gasteiger partial charge < -0.3 is 19.7 Å². The summed E-state index contributed by atoms with van der Waals surface area (Å²) in [4.78, 5) is 28.6. The Balaban J connectivity index is 2.12. The van der Waals surface area contributed by atoms with Crippen LogP contribution in [-0.4, -0.2) is 58.5 Å². The Morgan fingerprint density at radius 3 is 2.22 bits per heavy atom. The molecule has 0 fully saturated rings. The fourth-order valence-electron chi connectivity index (χ4n) is 4.30. The van der Waals surface area contributed by atoms with Gasteiger partial charge in [0.05, 0.1) is 24.8 Å². The third-order valence-corrected chi connectivity index (χ3v) is 8.24. The fraction of sp³-hybridized carbons (Fsp3) is 0.333. The molecule has 3 rings (SSSR count). The second-order valence-electron chi connectivity index (χ2n) is 9.23. The topological polar surface area (TPSA) is 105 Å². The number of nitrogens with zero attached hydrogens (tertiary/aromatic N) is 2. The second-order valence-corrected chi connectivity index (χ2v) is 11.1. The third kappa shape index (κ3) is 7.75. The normalized spacial score (nSPS) is 11.8. The molecule has 3 aromatic rings. The van der Waals surface area contributed by atoms with Crippen LogP contribution in [0.5, 0.6) is 11.5 Å². The smallest absolute Gasteiger partial charge is 0.264 e. The Bertz CT molecular complexity index is 1420. The Kier molecular flexibility index (Phi) is 11.1. The molecular formula is C30H36FN3O6S. The Morgan fingerprint density at radius 1 is 0.951 bits per heavy atom. The van der Waals surface area contributed by atoms with Gasteiger partial charge in [-0.15, -0.1) is 0 Å². The summed E-state index contributed by atoms with van der Waals surface area (Å²) in [6.45, 7) is 3.43. The van der Waals surface area contributed by atoms with E-state index in [-0.39, 0.29) is 35.2 Å². The molecule has 0 aromatic heterocycles. The van der Waals surface area contributed by atoms with Gasteiger partial charge in [0.2, 0.25) is 11.8 Å². The largest absolute Gasteiger partial charge is 0.497 e. The highest BCUT2D eigenvalue weighted by molar-refractivity contribution is 7.92. The second kappa shape index (κ2) is 14.5. The van der Waals surface area contributed by atoms with Crippen molar-refractivity contribution >= 4 is 27.5 Å². The molecule has 1 unspecified atom stereocenters. The highest BCUT2D eigenvalue weighted by Gasteiger charge is 2.35.